The van der Waals surface area contributed by atoms with Gasteiger partial charge >= 0.3 is 6.36 Å². The number of hydrazine groups is 1. The molecule has 0 aliphatic rings. The molecule has 0 atom stereocenters. The summed E-state index contributed by atoms with van der Waals surface area (Å²) in [7, 11) is 0. The van der Waals surface area contributed by atoms with Crippen molar-refractivity contribution in [3.8, 4) is 5.75 Å². The molecule has 164 valence electrons. The first-order valence-corrected chi connectivity index (χ1v) is 9.56. The molecule has 1 amide bonds. The van der Waals surface area contributed by atoms with Crippen LogP contribution in [0.3, 0.4) is 0 Å². The van der Waals surface area contributed by atoms with Gasteiger partial charge in [0.1, 0.15) is 11.4 Å². The van der Waals surface area contributed by atoms with Crippen molar-refractivity contribution in [2.75, 3.05) is 5.43 Å². The molecule has 9 heteroatoms. The molecule has 0 fully saturated rings. The zero-order valence-corrected chi connectivity index (χ0v) is 17.3. The third-order valence-corrected chi connectivity index (χ3v) is 4.36. The molecule has 1 heterocycles. The van der Waals surface area contributed by atoms with E-state index in [1.807, 2.05) is 51.1 Å². The number of carbonyl (C=O) groups is 1. The molecule has 3 aromatic rings. The lowest BCUT2D eigenvalue weighted by molar-refractivity contribution is -0.274. The standard InChI is InChI=1S/C22H23F3N4O2/c1-21(2,3)19-13-18(29(28-19)14-15-7-5-4-6-8-15)20(30)27-26-16-9-11-17(12-10-16)31-22(23,24)25/h4-13,26H,14H2,1-3H3,(H,27,30). The number of benzene rings is 2. The fourth-order valence-corrected chi connectivity index (χ4v) is 2.78. The number of halogens is 3. The number of amides is 1. The van der Waals surface area contributed by atoms with Gasteiger partial charge in [-0.2, -0.15) is 5.10 Å². The summed E-state index contributed by atoms with van der Waals surface area (Å²) in [6.45, 7) is 6.44. The normalized spacial score (nSPS) is 11.8. The minimum Gasteiger partial charge on any atom is -0.406 e. The van der Waals surface area contributed by atoms with Gasteiger partial charge in [-0.05, 0) is 35.9 Å². The van der Waals surface area contributed by atoms with E-state index in [1.54, 1.807) is 10.7 Å². The highest BCUT2D eigenvalue weighted by molar-refractivity contribution is 5.93. The maximum atomic E-state index is 12.8. The van der Waals surface area contributed by atoms with Gasteiger partial charge in [-0.3, -0.25) is 20.3 Å². The Kier molecular flexibility index (Phi) is 6.24. The molecule has 31 heavy (non-hydrogen) atoms. The van der Waals surface area contributed by atoms with E-state index < -0.39 is 12.3 Å². The van der Waals surface area contributed by atoms with Gasteiger partial charge in [-0.25, -0.2) is 0 Å². The highest BCUT2D eigenvalue weighted by Gasteiger charge is 2.31. The molecule has 0 saturated carbocycles. The quantitative estimate of drug-likeness (QED) is 0.545. The summed E-state index contributed by atoms with van der Waals surface area (Å²) >= 11 is 0. The Labute approximate surface area is 178 Å². The number of nitrogens with zero attached hydrogens (tertiary/aromatic N) is 2. The maximum Gasteiger partial charge on any atom is 0.573 e. The smallest absolute Gasteiger partial charge is 0.406 e. The van der Waals surface area contributed by atoms with Gasteiger partial charge in [0.05, 0.1) is 17.9 Å². The number of ether oxygens (including phenoxy) is 1. The summed E-state index contributed by atoms with van der Waals surface area (Å²) in [5, 5.41) is 4.60. The number of alkyl halides is 3. The molecular formula is C22H23F3N4O2. The maximum absolute atomic E-state index is 12.8. The van der Waals surface area contributed by atoms with Crippen molar-refractivity contribution in [2.24, 2.45) is 0 Å². The summed E-state index contributed by atoms with van der Waals surface area (Å²) in [5.74, 6) is -0.769. The van der Waals surface area contributed by atoms with Crippen molar-refractivity contribution in [3.05, 3.63) is 77.6 Å². The van der Waals surface area contributed by atoms with E-state index in [1.165, 1.54) is 12.1 Å². The first kappa shape index (κ1) is 22.2. The Morgan fingerprint density at radius 3 is 2.26 bits per heavy atom. The lowest BCUT2D eigenvalue weighted by Crippen LogP contribution is -2.31. The lowest BCUT2D eigenvalue weighted by Gasteiger charge is -2.14. The van der Waals surface area contributed by atoms with Crippen LogP contribution in [0.15, 0.2) is 60.7 Å². The van der Waals surface area contributed by atoms with Crippen molar-refractivity contribution in [2.45, 2.75) is 39.1 Å². The van der Waals surface area contributed by atoms with Crippen LogP contribution in [0.1, 0.15) is 42.5 Å². The second kappa shape index (κ2) is 8.71. The molecule has 0 unspecified atom stereocenters. The Bertz CT molecular complexity index is 1020. The van der Waals surface area contributed by atoms with Crippen LogP contribution in [0.4, 0.5) is 18.9 Å². The summed E-state index contributed by atoms with van der Waals surface area (Å²) < 4.78 is 42.2. The van der Waals surface area contributed by atoms with Crippen LogP contribution in [0.25, 0.3) is 0 Å². The van der Waals surface area contributed by atoms with E-state index in [9.17, 15) is 18.0 Å². The van der Waals surface area contributed by atoms with E-state index in [0.717, 1.165) is 23.4 Å². The second-order valence-electron chi connectivity index (χ2n) is 7.96. The molecule has 2 N–H and O–H groups in total. The minimum atomic E-state index is -4.76. The third kappa shape index (κ3) is 6.24. The van der Waals surface area contributed by atoms with Crippen molar-refractivity contribution >= 4 is 11.6 Å². The summed E-state index contributed by atoms with van der Waals surface area (Å²) in [6.07, 6.45) is -4.76. The number of hydrogen-bond acceptors (Lipinski definition) is 4. The third-order valence-electron chi connectivity index (χ3n) is 4.36. The fourth-order valence-electron chi connectivity index (χ4n) is 2.78. The molecule has 0 aliphatic carbocycles. The average Bonchev–Trinajstić information content (AvgIpc) is 3.11. The number of rotatable bonds is 6. The number of nitrogens with one attached hydrogen (secondary N) is 2. The number of hydrogen-bond donors (Lipinski definition) is 2. The van der Waals surface area contributed by atoms with Crippen LogP contribution >= 0.6 is 0 Å². The first-order valence-electron chi connectivity index (χ1n) is 9.56. The van der Waals surface area contributed by atoms with E-state index in [4.69, 9.17) is 0 Å². The Morgan fingerprint density at radius 2 is 1.68 bits per heavy atom. The van der Waals surface area contributed by atoms with Crippen LogP contribution in [-0.2, 0) is 12.0 Å². The number of anilines is 1. The van der Waals surface area contributed by atoms with E-state index in [0.29, 0.717) is 17.9 Å². The Balaban J connectivity index is 1.73. The fraction of sp³-hybridized carbons (Fsp3) is 0.273. The minimum absolute atomic E-state index is 0.251. The summed E-state index contributed by atoms with van der Waals surface area (Å²) in [6, 6.07) is 16.4. The predicted molar refractivity (Wildman–Crippen MR) is 111 cm³/mol. The van der Waals surface area contributed by atoms with Gasteiger partial charge in [-0.1, -0.05) is 51.1 Å². The molecule has 0 radical (unpaired) electrons. The molecule has 0 aliphatic heterocycles. The van der Waals surface area contributed by atoms with Crippen LogP contribution < -0.4 is 15.6 Å². The van der Waals surface area contributed by atoms with Gasteiger partial charge in [0, 0.05) is 5.41 Å². The van der Waals surface area contributed by atoms with Crippen molar-refractivity contribution in [3.63, 3.8) is 0 Å². The zero-order chi connectivity index (χ0) is 22.6. The van der Waals surface area contributed by atoms with Gasteiger partial charge < -0.3 is 4.74 Å². The molecule has 0 spiro atoms. The van der Waals surface area contributed by atoms with Crippen LogP contribution in [0.5, 0.6) is 5.75 Å². The topological polar surface area (TPSA) is 68.2 Å². The van der Waals surface area contributed by atoms with Gasteiger partial charge in [-0.15, -0.1) is 13.2 Å². The van der Waals surface area contributed by atoms with E-state index in [-0.39, 0.29) is 11.2 Å². The molecule has 6 nitrogen and oxygen atoms in total. The highest BCUT2D eigenvalue weighted by Crippen LogP contribution is 2.24. The molecule has 0 bridgehead atoms. The highest BCUT2D eigenvalue weighted by atomic mass is 19.4. The lowest BCUT2D eigenvalue weighted by atomic mass is 9.92. The van der Waals surface area contributed by atoms with Crippen molar-refractivity contribution in [1.82, 2.24) is 15.2 Å². The molecule has 3 rings (SSSR count). The first-order chi connectivity index (χ1) is 14.5. The van der Waals surface area contributed by atoms with Gasteiger partial charge in [0.25, 0.3) is 5.91 Å². The zero-order valence-electron chi connectivity index (χ0n) is 17.3. The van der Waals surface area contributed by atoms with Gasteiger partial charge in [0.2, 0.25) is 0 Å². The predicted octanol–water partition coefficient (Wildman–Crippen LogP) is 4.88. The Morgan fingerprint density at radius 1 is 1.03 bits per heavy atom. The van der Waals surface area contributed by atoms with E-state index >= 15 is 0 Å². The molecule has 2 aromatic carbocycles. The summed E-state index contributed by atoms with van der Waals surface area (Å²) in [4.78, 5) is 12.8. The Hall–Kier alpha value is -3.49. The number of carbonyl (C=O) groups excluding carboxylic acids is 1. The van der Waals surface area contributed by atoms with Gasteiger partial charge in [0.15, 0.2) is 0 Å². The monoisotopic (exact) mass is 432 g/mol. The van der Waals surface area contributed by atoms with E-state index in [2.05, 4.69) is 20.7 Å². The molecule has 1 aromatic heterocycles. The molecular weight excluding hydrogens is 409 g/mol. The second-order valence-corrected chi connectivity index (χ2v) is 7.96. The average molecular weight is 432 g/mol. The SMILES string of the molecule is CC(C)(C)c1cc(C(=O)NNc2ccc(OC(F)(F)F)cc2)n(Cc2ccccc2)n1. The largest absolute Gasteiger partial charge is 0.573 e. The van der Waals surface area contributed by atoms with Crippen LogP contribution in [0, 0.1) is 0 Å². The van der Waals surface area contributed by atoms with Crippen LogP contribution in [0.2, 0.25) is 0 Å². The van der Waals surface area contributed by atoms with Crippen molar-refractivity contribution < 1.29 is 22.7 Å². The van der Waals surface area contributed by atoms with Crippen molar-refractivity contribution in [1.29, 1.82) is 0 Å². The number of aromatic nitrogens is 2. The van der Waals surface area contributed by atoms with Crippen LogP contribution in [-0.4, -0.2) is 22.1 Å². The summed E-state index contributed by atoms with van der Waals surface area (Å²) in [5.41, 5.74) is 7.52. The molecule has 0 saturated heterocycles.